The Morgan fingerprint density at radius 2 is 1.92 bits per heavy atom. The van der Waals surface area contributed by atoms with Crippen LogP contribution in [0.1, 0.15) is 33.1 Å². The van der Waals surface area contributed by atoms with E-state index in [1.165, 1.54) is 30.8 Å². The smallest absolute Gasteiger partial charge is 0.00827 e. The first-order chi connectivity index (χ1) is 5.64. The third kappa shape index (κ3) is 3.69. The molecule has 1 aliphatic rings. The molecule has 0 amide bonds. The predicted octanol–water partition coefficient (Wildman–Crippen LogP) is 3.94. The number of thioether (sulfide) groups is 1. The summed E-state index contributed by atoms with van der Waals surface area (Å²) in [7, 11) is 0. The molecule has 0 spiro atoms. The van der Waals surface area contributed by atoms with E-state index in [9.17, 15) is 0 Å². The van der Waals surface area contributed by atoms with Gasteiger partial charge in [0.25, 0.3) is 0 Å². The van der Waals surface area contributed by atoms with Crippen molar-refractivity contribution < 1.29 is 0 Å². The molecule has 12 heavy (non-hydrogen) atoms. The van der Waals surface area contributed by atoms with E-state index in [-0.39, 0.29) is 0 Å². The van der Waals surface area contributed by atoms with Crippen LogP contribution < -0.4 is 0 Å². The summed E-state index contributed by atoms with van der Waals surface area (Å²) in [5, 5.41) is 1.14. The summed E-state index contributed by atoms with van der Waals surface area (Å²) in [5.41, 5.74) is 0.507. The lowest BCUT2D eigenvalue weighted by Gasteiger charge is -2.30. The van der Waals surface area contributed by atoms with Gasteiger partial charge in [-0.15, -0.1) is 0 Å². The molecule has 0 unspecified atom stereocenters. The van der Waals surface area contributed by atoms with Crippen LogP contribution in [0.2, 0.25) is 0 Å². The van der Waals surface area contributed by atoms with E-state index < -0.39 is 0 Å². The van der Waals surface area contributed by atoms with Crippen molar-refractivity contribution in [2.45, 2.75) is 33.1 Å². The quantitative estimate of drug-likeness (QED) is 0.684. The van der Waals surface area contributed by atoms with Gasteiger partial charge in [-0.25, -0.2) is 0 Å². The van der Waals surface area contributed by atoms with Gasteiger partial charge in [-0.2, -0.15) is 11.8 Å². The number of alkyl halides is 1. The number of hydrogen-bond donors (Lipinski definition) is 0. The van der Waals surface area contributed by atoms with Crippen molar-refractivity contribution in [3.8, 4) is 0 Å². The lowest BCUT2D eigenvalue weighted by Crippen LogP contribution is -2.21. The first-order valence-corrected chi connectivity index (χ1v) is 7.05. The van der Waals surface area contributed by atoms with Gasteiger partial charge < -0.3 is 0 Å². The van der Waals surface area contributed by atoms with Crippen LogP contribution >= 0.6 is 27.7 Å². The number of hydrogen-bond acceptors (Lipinski definition) is 1. The average Bonchev–Trinajstić information content (AvgIpc) is 2.06. The van der Waals surface area contributed by atoms with Gasteiger partial charge in [-0.05, 0) is 42.1 Å². The van der Waals surface area contributed by atoms with Crippen LogP contribution in [0.5, 0.6) is 0 Å². The highest BCUT2D eigenvalue weighted by molar-refractivity contribution is 9.09. The fourth-order valence-electron chi connectivity index (χ4n) is 1.79. The molecule has 0 saturated carbocycles. The SMILES string of the molecule is CC(C)(CBr)CC1CCSCC1. The largest absolute Gasteiger partial charge is 0.162 e. The van der Waals surface area contributed by atoms with Crippen molar-refractivity contribution in [1.29, 1.82) is 0 Å². The van der Waals surface area contributed by atoms with E-state index in [0.717, 1.165) is 11.2 Å². The van der Waals surface area contributed by atoms with Crippen LogP contribution in [0.3, 0.4) is 0 Å². The first kappa shape index (κ1) is 10.9. The normalized spacial score (nSPS) is 21.2. The highest BCUT2D eigenvalue weighted by Crippen LogP contribution is 2.34. The summed E-state index contributed by atoms with van der Waals surface area (Å²) >= 11 is 5.71. The fourth-order valence-corrected chi connectivity index (χ4v) is 3.22. The Kier molecular flexibility index (Phi) is 4.45. The van der Waals surface area contributed by atoms with E-state index in [1.807, 2.05) is 0 Å². The minimum atomic E-state index is 0.507. The second-order valence-electron chi connectivity index (χ2n) is 4.56. The van der Waals surface area contributed by atoms with Crippen LogP contribution in [-0.2, 0) is 0 Å². The molecular weight excluding hydrogens is 232 g/mol. The summed E-state index contributed by atoms with van der Waals surface area (Å²) in [4.78, 5) is 0. The molecule has 0 aromatic carbocycles. The van der Waals surface area contributed by atoms with E-state index in [0.29, 0.717) is 5.41 Å². The first-order valence-electron chi connectivity index (χ1n) is 4.78. The molecular formula is C10H19BrS. The van der Waals surface area contributed by atoms with E-state index in [4.69, 9.17) is 0 Å². The second-order valence-corrected chi connectivity index (χ2v) is 6.34. The Bertz CT molecular complexity index is 128. The van der Waals surface area contributed by atoms with Crippen molar-refractivity contribution in [2.24, 2.45) is 11.3 Å². The Morgan fingerprint density at radius 3 is 2.42 bits per heavy atom. The van der Waals surface area contributed by atoms with Gasteiger partial charge >= 0.3 is 0 Å². The lowest BCUT2D eigenvalue weighted by atomic mass is 9.82. The minimum absolute atomic E-state index is 0.507. The fraction of sp³-hybridized carbons (Fsp3) is 1.00. The topological polar surface area (TPSA) is 0 Å². The third-order valence-corrected chi connectivity index (χ3v) is 5.11. The monoisotopic (exact) mass is 250 g/mol. The molecule has 1 aliphatic heterocycles. The van der Waals surface area contributed by atoms with Crippen LogP contribution in [0.15, 0.2) is 0 Å². The zero-order chi connectivity index (χ0) is 9.03. The number of rotatable bonds is 3. The molecule has 72 valence electrons. The van der Waals surface area contributed by atoms with Crippen molar-refractivity contribution in [2.75, 3.05) is 16.8 Å². The molecule has 2 heteroatoms. The minimum Gasteiger partial charge on any atom is -0.162 e. The average molecular weight is 251 g/mol. The van der Waals surface area contributed by atoms with Crippen LogP contribution in [0, 0.1) is 11.3 Å². The van der Waals surface area contributed by atoms with Crippen LogP contribution in [0.4, 0.5) is 0 Å². The molecule has 0 aliphatic carbocycles. The van der Waals surface area contributed by atoms with Gasteiger partial charge in [-0.1, -0.05) is 29.8 Å². The van der Waals surface area contributed by atoms with Crippen LogP contribution in [0.25, 0.3) is 0 Å². The molecule has 0 aromatic heterocycles. The van der Waals surface area contributed by atoms with Gasteiger partial charge in [0.1, 0.15) is 0 Å². The molecule has 1 saturated heterocycles. The zero-order valence-electron chi connectivity index (χ0n) is 8.11. The maximum Gasteiger partial charge on any atom is 0.00827 e. The Morgan fingerprint density at radius 1 is 1.33 bits per heavy atom. The zero-order valence-corrected chi connectivity index (χ0v) is 10.5. The molecule has 1 fully saturated rings. The molecule has 0 nitrogen and oxygen atoms in total. The van der Waals surface area contributed by atoms with Crippen LogP contribution in [-0.4, -0.2) is 16.8 Å². The Balaban J connectivity index is 2.28. The Labute approximate surface area is 89.0 Å². The standard InChI is InChI=1S/C10H19BrS/c1-10(2,8-11)7-9-3-5-12-6-4-9/h9H,3-8H2,1-2H3. The van der Waals surface area contributed by atoms with Crippen molar-refractivity contribution in [3.63, 3.8) is 0 Å². The van der Waals surface area contributed by atoms with Gasteiger partial charge in [0, 0.05) is 5.33 Å². The molecule has 1 heterocycles. The summed E-state index contributed by atoms with van der Waals surface area (Å²) < 4.78 is 0. The molecule has 0 bridgehead atoms. The van der Waals surface area contributed by atoms with E-state index >= 15 is 0 Å². The van der Waals surface area contributed by atoms with Crippen molar-refractivity contribution >= 4 is 27.7 Å². The van der Waals surface area contributed by atoms with Crippen molar-refractivity contribution in [1.82, 2.24) is 0 Å². The highest BCUT2D eigenvalue weighted by Gasteiger charge is 2.23. The summed E-state index contributed by atoms with van der Waals surface area (Å²) in [6.45, 7) is 4.73. The summed E-state index contributed by atoms with van der Waals surface area (Å²) in [6.07, 6.45) is 4.29. The number of halogens is 1. The molecule has 0 N–H and O–H groups in total. The summed E-state index contributed by atoms with van der Waals surface area (Å²) in [6, 6.07) is 0. The Hall–Kier alpha value is 0.830. The molecule has 0 atom stereocenters. The maximum atomic E-state index is 3.59. The highest BCUT2D eigenvalue weighted by atomic mass is 79.9. The van der Waals surface area contributed by atoms with Gasteiger partial charge in [0.15, 0.2) is 0 Å². The third-order valence-electron chi connectivity index (χ3n) is 2.54. The maximum absolute atomic E-state index is 3.59. The van der Waals surface area contributed by atoms with E-state index in [2.05, 4.69) is 41.5 Å². The second kappa shape index (κ2) is 4.90. The predicted molar refractivity (Wildman–Crippen MR) is 62.2 cm³/mol. The van der Waals surface area contributed by atoms with Gasteiger partial charge in [-0.3, -0.25) is 0 Å². The molecule has 0 radical (unpaired) electrons. The van der Waals surface area contributed by atoms with Gasteiger partial charge in [0.05, 0.1) is 0 Å². The van der Waals surface area contributed by atoms with Gasteiger partial charge in [0.2, 0.25) is 0 Å². The summed E-state index contributed by atoms with van der Waals surface area (Å²) in [5.74, 6) is 3.78. The lowest BCUT2D eigenvalue weighted by molar-refractivity contribution is 0.289. The van der Waals surface area contributed by atoms with Crippen molar-refractivity contribution in [3.05, 3.63) is 0 Å². The molecule has 1 rings (SSSR count). The molecule has 0 aromatic rings. The van der Waals surface area contributed by atoms with E-state index in [1.54, 1.807) is 0 Å².